The first kappa shape index (κ1) is 8.04. The molecule has 0 spiro atoms. The van der Waals surface area contributed by atoms with Crippen LogP contribution in [0.1, 0.15) is 26.8 Å². The number of nitrogens with zero attached hydrogens (tertiary/aromatic N) is 3. The van der Waals surface area contributed by atoms with Crippen molar-refractivity contribution in [3.05, 3.63) is 6.33 Å². The van der Waals surface area contributed by atoms with Crippen LogP contribution in [-0.2, 0) is 0 Å². The van der Waals surface area contributed by atoms with Crippen LogP contribution in [0.3, 0.4) is 0 Å². The largest absolute Gasteiger partial charge is 0.463 e. The lowest BCUT2D eigenvalue weighted by Gasteiger charge is -2.01. The van der Waals surface area contributed by atoms with E-state index in [0.717, 1.165) is 0 Å². The third kappa shape index (κ3) is 1.93. The summed E-state index contributed by atoms with van der Waals surface area (Å²) in [5.41, 5.74) is 0. The van der Waals surface area contributed by atoms with E-state index < -0.39 is 0 Å². The first-order valence-corrected chi connectivity index (χ1v) is 3.78. The Kier molecular flexibility index (Phi) is 2.46. The van der Waals surface area contributed by atoms with Crippen molar-refractivity contribution in [1.82, 2.24) is 14.8 Å². The Bertz CT molecular complexity index is 219. The summed E-state index contributed by atoms with van der Waals surface area (Å²) in [6.07, 6.45) is 1.68. The molecule has 0 bridgehead atoms. The second-order valence-corrected chi connectivity index (χ2v) is 2.53. The molecular weight excluding hydrogens is 142 g/mol. The maximum Gasteiger partial charge on any atom is 0.335 e. The fraction of sp³-hybridized carbons (Fsp3) is 0.714. The van der Waals surface area contributed by atoms with Crippen LogP contribution in [0.25, 0.3) is 0 Å². The van der Waals surface area contributed by atoms with E-state index in [2.05, 4.69) is 10.1 Å². The standard InChI is InChI=1S/C7H13N3O/c1-4-11-7-8-5-10(9-7)6(2)3/h5-6H,4H2,1-3H3. The van der Waals surface area contributed by atoms with Crippen LogP contribution in [0.4, 0.5) is 0 Å². The smallest absolute Gasteiger partial charge is 0.335 e. The van der Waals surface area contributed by atoms with Crippen molar-refractivity contribution in [2.24, 2.45) is 0 Å². The van der Waals surface area contributed by atoms with Gasteiger partial charge in [0.05, 0.1) is 6.61 Å². The molecule has 0 saturated heterocycles. The van der Waals surface area contributed by atoms with Gasteiger partial charge in [-0.25, -0.2) is 4.68 Å². The van der Waals surface area contributed by atoms with Crippen LogP contribution in [0.5, 0.6) is 6.01 Å². The van der Waals surface area contributed by atoms with Crippen molar-refractivity contribution in [1.29, 1.82) is 0 Å². The van der Waals surface area contributed by atoms with Crippen molar-refractivity contribution in [2.45, 2.75) is 26.8 Å². The quantitative estimate of drug-likeness (QED) is 0.659. The van der Waals surface area contributed by atoms with E-state index in [1.54, 1.807) is 11.0 Å². The highest BCUT2D eigenvalue weighted by Crippen LogP contribution is 2.05. The Balaban J connectivity index is 2.66. The lowest BCUT2D eigenvalue weighted by molar-refractivity contribution is 0.308. The Morgan fingerprint density at radius 3 is 2.82 bits per heavy atom. The van der Waals surface area contributed by atoms with Gasteiger partial charge in [-0.05, 0) is 20.8 Å². The highest BCUT2D eigenvalue weighted by atomic mass is 16.5. The molecule has 4 nitrogen and oxygen atoms in total. The number of hydrogen-bond donors (Lipinski definition) is 0. The third-order valence-corrected chi connectivity index (χ3v) is 1.29. The van der Waals surface area contributed by atoms with Gasteiger partial charge in [-0.3, -0.25) is 0 Å². The molecule has 4 heteroatoms. The molecule has 0 saturated carbocycles. The average molecular weight is 155 g/mol. The molecule has 0 atom stereocenters. The molecule has 0 N–H and O–H groups in total. The minimum atomic E-state index is 0.344. The van der Waals surface area contributed by atoms with E-state index in [0.29, 0.717) is 18.7 Å². The Morgan fingerprint density at radius 1 is 1.64 bits per heavy atom. The van der Waals surface area contributed by atoms with Crippen molar-refractivity contribution >= 4 is 0 Å². The molecule has 1 aromatic rings. The van der Waals surface area contributed by atoms with Crippen LogP contribution in [0, 0.1) is 0 Å². The lowest BCUT2D eigenvalue weighted by atomic mass is 10.4. The fourth-order valence-electron chi connectivity index (χ4n) is 0.703. The summed E-state index contributed by atoms with van der Waals surface area (Å²) in [5, 5.41) is 4.08. The van der Waals surface area contributed by atoms with E-state index >= 15 is 0 Å². The minimum absolute atomic E-state index is 0.344. The van der Waals surface area contributed by atoms with Crippen LogP contribution in [0.15, 0.2) is 6.33 Å². The van der Waals surface area contributed by atoms with Gasteiger partial charge in [0.15, 0.2) is 0 Å². The van der Waals surface area contributed by atoms with E-state index in [1.807, 2.05) is 20.8 Å². The summed E-state index contributed by atoms with van der Waals surface area (Å²) in [5.74, 6) is 0. The van der Waals surface area contributed by atoms with Gasteiger partial charge in [-0.15, -0.1) is 5.10 Å². The van der Waals surface area contributed by atoms with E-state index in [9.17, 15) is 0 Å². The monoisotopic (exact) mass is 155 g/mol. The van der Waals surface area contributed by atoms with Crippen LogP contribution in [0.2, 0.25) is 0 Å². The summed E-state index contributed by atoms with van der Waals surface area (Å²) in [6.45, 7) is 6.62. The van der Waals surface area contributed by atoms with Gasteiger partial charge in [0.2, 0.25) is 0 Å². The van der Waals surface area contributed by atoms with Gasteiger partial charge in [0, 0.05) is 6.04 Å². The first-order valence-electron chi connectivity index (χ1n) is 3.78. The molecule has 11 heavy (non-hydrogen) atoms. The topological polar surface area (TPSA) is 39.9 Å². The predicted octanol–water partition coefficient (Wildman–Crippen LogP) is 1.26. The normalized spacial score (nSPS) is 10.5. The molecule has 0 radical (unpaired) electrons. The van der Waals surface area contributed by atoms with E-state index in [1.165, 1.54) is 0 Å². The van der Waals surface area contributed by atoms with Crippen LogP contribution < -0.4 is 4.74 Å². The molecule has 1 rings (SSSR count). The van der Waals surface area contributed by atoms with Gasteiger partial charge in [0.1, 0.15) is 6.33 Å². The maximum atomic E-state index is 5.09. The first-order chi connectivity index (χ1) is 5.24. The van der Waals surface area contributed by atoms with Crippen molar-refractivity contribution in [3.8, 4) is 6.01 Å². The molecule has 0 aliphatic rings. The molecule has 62 valence electrons. The zero-order valence-electron chi connectivity index (χ0n) is 7.11. The summed E-state index contributed by atoms with van der Waals surface area (Å²) < 4.78 is 6.86. The third-order valence-electron chi connectivity index (χ3n) is 1.29. The minimum Gasteiger partial charge on any atom is -0.463 e. The SMILES string of the molecule is CCOc1ncn(C(C)C)n1. The second-order valence-electron chi connectivity index (χ2n) is 2.53. The summed E-state index contributed by atoms with van der Waals surface area (Å²) >= 11 is 0. The van der Waals surface area contributed by atoms with Crippen molar-refractivity contribution in [2.75, 3.05) is 6.61 Å². The number of hydrogen-bond acceptors (Lipinski definition) is 3. The van der Waals surface area contributed by atoms with Gasteiger partial charge < -0.3 is 4.74 Å². The molecule has 0 amide bonds. The molecule has 0 aromatic carbocycles. The summed E-state index contributed by atoms with van der Waals surface area (Å²) in [6, 6.07) is 0.804. The van der Waals surface area contributed by atoms with Crippen molar-refractivity contribution in [3.63, 3.8) is 0 Å². The summed E-state index contributed by atoms with van der Waals surface area (Å²) in [7, 11) is 0. The maximum absolute atomic E-state index is 5.09. The van der Waals surface area contributed by atoms with Gasteiger partial charge in [-0.2, -0.15) is 4.98 Å². The zero-order chi connectivity index (χ0) is 8.27. The highest BCUT2D eigenvalue weighted by molar-refractivity contribution is 4.87. The lowest BCUT2D eigenvalue weighted by Crippen LogP contribution is -2.01. The zero-order valence-corrected chi connectivity index (χ0v) is 7.11. The van der Waals surface area contributed by atoms with Crippen molar-refractivity contribution < 1.29 is 4.74 Å². The Morgan fingerprint density at radius 2 is 2.36 bits per heavy atom. The van der Waals surface area contributed by atoms with Gasteiger partial charge >= 0.3 is 6.01 Å². The number of rotatable bonds is 3. The van der Waals surface area contributed by atoms with Crippen LogP contribution >= 0.6 is 0 Å². The van der Waals surface area contributed by atoms with Crippen LogP contribution in [-0.4, -0.2) is 21.4 Å². The molecule has 0 aliphatic heterocycles. The Labute approximate surface area is 66.2 Å². The second kappa shape index (κ2) is 3.37. The fourth-order valence-corrected chi connectivity index (χ4v) is 0.703. The molecule has 0 unspecified atom stereocenters. The van der Waals surface area contributed by atoms with E-state index in [-0.39, 0.29) is 0 Å². The molecule has 0 aliphatic carbocycles. The molecule has 0 fully saturated rings. The molecule has 1 aromatic heterocycles. The highest BCUT2D eigenvalue weighted by Gasteiger charge is 2.02. The number of aromatic nitrogens is 3. The van der Waals surface area contributed by atoms with Gasteiger partial charge in [-0.1, -0.05) is 0 Å². The average Bonchev–Trinajstić information content (AvgIpc) is 2.37. The number of ether oxygens (including phenoxy) is 1. The van der Waals surface area contributed by atoms with E-state index in [4.69, 9.17) is 4.74 Å². The Hall–Kier alpha value is -1.06. The summed E-state index contributed by atoms with van der Waals surface area (Å²) in [4.78, 5) is 3.96. The molecule has 1 heterocycles. The van der Waals surface area contributed by atoms with Gasteiger partial charge in [0.25, 0.3) is 0 Å². The predicted molar refractivity (Wildman–Crippen MR) is 41.6 cm³/mol. The molecular formula is C7H13N3O.